The van der Waals surface area contributed by atoms with Crippen molar-refractivity contribution in [3.8, 4) is 0 Å². The van der Waals surface area contributed by atoms with Crippen molar-refractivity contribution in [1.82, 2.24) is 16.0 Å². The first-order valence-corrected chi connectivity index (χ1v) is 9.97. The van der Waals surface area contributed by atoms with Crippen LogP contribution in [-0.2, 0) is 4.74 Å². The number of rotatable bonds is 9. The molecule has 0 aromatic heterocycles. The number of anilines is 1. The third-order valence-electron chi connectivity index (χ3n) is 4.61. The number of hydrogen-bond donors (Lipinski definition) is 5. The van der Waals surface area contributed by atoms with Crippen LogP contribution in [0, 0.1) is 0 Å². The van der Waals surface area contributed by atoms with Crippen molar-refractivity contribution in [2.75, 3.05) is 25.5 Å². The van der Waals surface area contributed by atoms with Gasteiger partial charge in [0.2, 0.25) is 0 Å². The summed E-state index contributed by atoms with van der Waals surface area (Å²) in [5.74, 6) is 0.610. The summed E-state index contributed by atoms with van der Waals surface area (Å²) in [6.45, 7) is 5.30. The number of nitrogens with one attached hydrogen (secondary N) is 4. The lowest BCUT2D eigenvalue weighted by molar-refractivity contribution is 0.228. The predicted octanol–water partition coefficient (Wildman–Crippen LogP) is 2.96. The molecule has 2 aliphatic heterocycles. The van der Waals surface area contributed by atoms with Crippen LogP contribution in [0.1, 0.15) is 6.42 Å². The highest BCUT2D eigenvalue weighted by molar-refractivity contribution is 6.30. The molecule has 0 radical (unpaired) electrons. The van der Waals surface area contributed by atoms with Crippen molar-refractivity contribution in [2.24, 2.45) is 5.73 Å². The van der Waals surface area contributed by atoms with E-state index in [9.17, 15) is 0 Å². The van der Waals surface area contributed by atoms with E-state index in [0.717, 1.165) is 40.4 Å². The van der Waals surface area contributed by atoms with Crippen LogP contribution in [0.5, 0.6) is 0 Å². The third-order valence-corrected chi connectivity index (χ3v) is 4.86. The summed E-state index contributed by atoms with van der Waals surface area (Å²) in [6.07, 6.45) is 10.6. The van der Waals surface area contributed by atoms with Gasteiger partial charge < -0.3 is 31.7 Å². The molecule has 2 unspecified atom stereocenters. The van der Waals surface area contributed by atoms with Crippen LogP contribution in [0.4, 0.5) is 5.69 Å². The van der Waals surface area contributed by atoms with E-state index >= 15 is 0 Å². The molecule has 0 amide bonds. The molecule has 0 aliphatic carbocycles. The molecule has 7 heteroatoms. The predicted molar refractivity (Wildman–Crippen MR) is 120 cm³/mol. The van der Waals surface area contributed by atoms with Gasteiger partial charge in [-0.05, 0) is 60.2 Å². The zero-order valence-corrected chi connectivity index (χ0v) is 17.3. The number of dihydropyridines is 1. The van der Waals surface area contributed by atoms with Gasteiger partial charge in [0.05, 0.1) is 0 Å². The maximum absolute atomic E-state index is 6.18. The molecule has 0 saturated heterocycles. The van der Waals surface area contributed by atoms with Crippen LogP contribution in [0.15, 0.2) is 84.0 Å². The molecule has 29 heavy (non-hydrogen) atoms. The fourth-order valence-electron chi connectivity index (χ4n) is 3.06. The fourth-order valence-corrected chi connectivity index (χ4v) is 3.19. The molecule has 6 N–H and O–H groups in total. The molecule has 154 valence electrons. The zero-order chi connectivity index (χ0) is 20.6. The highest BCUT2D eigenvalue weighted by atomic mass is 35.5. The van der Waals surface area contributed by atoms with E-state index in [1.54, 1.807) is 0 Å². The van der Waals surface area contributed by atoms with Gasteiger partial charge in [-0.15, -0.1) is 0 Å². The van der Waals surface area contributed by atoms with Crippen LogP contribution in [-0.4, -0.2) is 32.5 Å². The van der Waals surface area contributed by atoms with Crippen molar-refractivity contribution in [3.63, 3.8) is 0 Å². The Morgan fingerprint density at radius 1 is 1.28 bits per heavy atom. The van der Waals surface area contributed by atoms with Crippen LogP contribution < -0.4 is 27.0 Å². The Balaban J connectivity index is 1.55. The number of hydrogen-bond acceptors (Lipinski definition) is 6. The molecule has 2 heterocycles. The summed E-state index contributed by atoms with van der Waals surface area (Å²) in [5, 5.41) is 13.7. The quantitative estimate of drug-likeness (QED) is 0.316. The summed E-state index contributed by atoms with van der Waals surface area (Å²) in [4.78, 5) is 0. The minimum atomic E-state index is -0.255. The smallest absolute Gasteiger partial charge is 0.116 e. The molecule has 3 rings (SSSR count). The number of nitrogens with two attached hydrogens (primary N) is 1. The number of ether oxygens (including phenoxy) is 1. The average molecular weight is 414 g/mol. The highest BCUT2D eigenvalue weighted by Crippen LogP contribution is 2.27. The van der Waals surface area contributed by atoms with Crippen LogP contribution >= 0.6 is 11.6 Å². The fraction of sp³-hybridized carbons (Fsp3) is 0.273. The third kappa shape index (κ3) is 6.15. The van der Waals surface area contributed by atoms with Gasteiger partial charge in [0.1, 0.15) is 24.7 Å². The van der Waals surface area contributed by atoms with Crippen molar-refractivity contribution in [1.29, 1.82) is 0 Å². The molecule has 0 bridgehead atoms. The van der Waals surface area contributed by atoms with E-state index in [1.807, 2.05) is 49.8 Å². The SMILES string of the molecule is C=C(/C=C1/C(CC2=CNC(Nc3ccc(Cl)cc3)C=C2)=CNC1N)OCCNC. The first-order valence-electron chi connectivity index (χ1n) is 9.59. The maximum Gasteiger partial charge on any atom is 0.116 e. The Morgan fingerprint density at radius 3 is 2.76 bits per heavy atom. The Morgan fingerprint density at radius 2 is 2.07 bits per heavy atom. The molecule has 6 nitrogen and oxygen atoms in total. The Bertz CT molecular complexity index is 841. The number of likely N-dealkylation sites (N-methyl/N-ethyl adjacent to an activating group) is 1. The second-order valence-electron chi connectivity index (χ2n) is 6.88. The summed E-state index contributed by atoms with van der Waals surface area (Å²) in [5.41, 5.74) is 10.5. The summed E-state index contributed by atoms with van der Waals surface area (Å²) < 4.78 is 5.61. The minimum Gasteiger partial charge on any atom is -0.493 e. The molecule has 0 saturated carbocycles. The van der Waals surface area contributed by atoms with E-state index in [-0.39, 0.29) is 12.3 Å². The van der Waals surface area contributed by atoms with Crippen LogP contribution in [0.2, 0.25) is 5.02 Å². The van der Waals surface area contributed by atoms with Gasteiger partial charge in [-0.3, -0.25) is 0 Å². The topological polar surface area (TPSA) is 83.4 Å². The zero-order valence-electron chi connectivity index (χ0n) is 16.5. The van der Waals surface area contributed by atoms with E-state index in [1.165, 1.54) is 0 Å². The first kappa shape index (κ1) is 21.0. The lowest BCUT2D eigenvalue weighted by atomic mass is 9.98. The molecule has 2 atom stereocenters. The molecule has 0 spiro atoms. The number of allylic oxidation sites excluding steroid dienone is 3. The van der Waals surface area contributed by atoms with Gasteiger partial charge in [-0.1, -0.05) is 24.3 Å². The van der Waals surface area contributed by atoms with Gasteiger partial charge in [-0.25, -0.2) is 0 Å². The molecular formula is C22H28ClN5O. The second-order valence-corrected chi connectivity index (χ2v) is 7.32. The average Bonchev–Trinajstić information content (AvgIpc) is 3.05. The van der Waals surface area contributed by atoms with Crippen LogP contribution in [0.25, 0.3) is 0 Å². The Labute approximate surface area is 177 Å². The standard InChI is InChI=1S/C22H28ClN5O/c1-15(29-10-9-25-2)11-20-17(14-27-22(20)24)12-16-3-8-21(26-13-16)28-19-6-4-18(23)5-7-19/h3-8,11,13-14,21-22,25-28H,1,9-10,12,24H2,2H3/b20-11-. The Hall–Kier alpha value is -2.67. The van der Waals surface area contributed by atoms with Crippen molar-refractivity contribution < 1.29 is 4.74 Å². The molecule has 2 aliphatic rings. The van der Waals surface area contributed by atoms with Crippen molar-refractivity contribution in [3.05, 3.63) is 89.0 Å². The second kappa shape index (κ2) is 10.2. The molecule has 0 fully saturated rings. The summed E-state index contributed by atoms with van der Waals surface area (Å²) in [6, 6.07) is 7.64. The summed E-state index contributed by atoms with van der Waals surface area (Å²) in [7, 11) is 1.89. The van der Waals surface area contributed by atoms with Crippen molar-refractivity contribution in [2.45, 2.75) is 18.8 Å². The van der Waals surface area contributed by atoms with Crippen LogP contribution in [0.3, 0.4) is 0 Å². The van der Waals surface area contributed by atoms with Gasteiger partial charge in [0.25, 0.3) is 0 Å². The van der Waals surface area contributed by atoms with E-state index in [4.69, 9.17) is 22.1 Å². The lowest BCUT2D eigenvalue weighted by Crippen LogP contribution is -2.32. The lowest BCUT2D eigenvalue weighted by Gasteiger charge is -2.21. The number of halogens is 1. The van der Waals surface area contributed by atoms with E-state index < -0.39 is 0 Å². The largest absolute Gasteiger partial charge is 0.493 e. The molecule has 1 aromatic carbocycles. The van der Waals surface area contributed by atoms with Gasteiger partial charge >= 0.3 is 0 Å². The van der Waals surface area contributed by atoms with Gasteiger partial charge in [-0.2, -0.15) is 0 Å². The first-order chi connectivity index (χ1) is 14.0. The minimum absolute atomic E-state index is 0.0215. The van der Waals surface area contributed by atoms with E-state index in [0.29, 0.717) is 12.4 Å². The molecular weight excluding hydrogens is 386 g/mol. The van der Waals surface area contributed by atoms with Gasteiger partial charge in [0, 0.05) is 36.1 Å². The normalized spacial score (nSPS) is 21.8. The number of benzene rings is 1. The molecule has 1 aromatic rings. The Kier molecular flexibility index (Phi) is 7.41. The van der Waals surface area contributed by atoms with E-state index in [2.05, 4.69) is 40.0 Å². The maximum atomic E-state index is 6.18. The van der Waals surface area contributed by atoms with Crippen molar-refractivity contribution >= 4 is 17.3 Å². The van der Waals surface area contributed by atoms with Gasteiger partial charge in [0.15, 0.2) is 0 Å². The highest BCUT2D eigenvalue weighted by Gasteiger charge is 2.21. The monoisotopic (exact) mass is 413 g/mol. The summed E-state index contributed by atoms with van der Waals surface area (Å²) >= 11 is 5.93.